The summed E-state index contributed by atoms with van der Waals surface area (Å²) >= 11 is 0. The maximum absolute atomic E-state index is 5.88. The molecule has 0 aliphatic heterocycles. The van der Waals surface area contributed by atoms with E-state index in [9.17, 15) is 0 Å². The third-order valence-electron chi connectivity index (χ3n) is 3.63. The zero-order valence-electron chi connectivity index (χ0n) is 13.4. The minimum absolute atomic E-state index is 0.785. The first-order valence-electron chi connectivity index (χ1n) is 8.04. The summed E-state index contributed by atoms with van der Waals surface area (Å²) in [5.41, 5.74) is 1.19. The number of unbranched alkanes of at least 4 members (excludes halogenated alkanes) is 2. The van der Waals surface area contributed by atoms with E-state index < -0.39 is 0 Å². The van der Waals surface area contributed by atoms with Gasteiger partial charge in [0.1, 0.15) is 11.5 Å². The number of ether oxygens (including phenoxy) is 2. The second-order valence-corrected chi connectivity index (χ2v) is 5.53. The number of hydrogen-bond donors (Lipinski definition) is 0. The Bertz CT molecular complexity index is 575. The molecule has 0 aliphatic rings. The maximum atomic E-state index is 5.88. The van der Waals surface area contributed by atoms with Gasteiger partial charge in [0.25, 0.3) is 0 Å². The number of rotatable bonds is 8. The Hall–Kier alpha value is -1.70. The molecular weight excluding hydrogens is 260 g/mol. The topological polar surface area (TPSA) is 18.5 Å². The fourth-order valence-electron chi connectivity index (χ4n) is 2.27. The van der Waals surface area contributed by atoms with Gasteiger partial charge in [-0.25, -0.2) is 0 Å². The lowest BCUT2D eigenvalue weighted by Crippen LogP contribution is -1.99. The van der Waals surface area contributed by atoms with Crippen LogP contribution in [-0.2, 0) is 0 Å². The Balaban J connectivity index is 2.17. The molecule has 0 spiro atoms. The molecule has 0 saturated carbocycles. The summed E-state index contributed by atoms with van der Waals surface area (Å²) in [7, 11) is 0. The Morgan fingerprint density at radius 1 is 0.810 bits per heavy atom. The molecule has 0 unspecified atom stereocenters. The number of fused-ring (bicyclic) bond motifs is 1. The average Bonchev–Trinajstić information content (AvgIpc) is 2.48. The summed E-state index contributed by atoms with van der Waals surface area (Å²) in [5.74, 6) is 1.93. The van der Waals surface area contributed by atoms with Gasteiger partial charge in [-0.3, -0.25) is 0 Å². The highest BCUT2D eigenvalue weighted by molar-refractivity contribution is 5.86. The summed E-state index contributed by atoms with van der Waals surface area (Å²) in [6.07, 6.45) is 4.50. The lowest BCUT2D eigenvalue weighted by atomic mass is 10.1. The summed E-state index contributed by atoms with van der Waals surface area (Å²) < 4.78 is 11.7. The van der Waals surface area contributed by atoms with E-state index in [1.165, 1.54) is 16.3 Å². The van der Waals surface area contributed by atoms with Crippen LogP contribution in [0.3, 0.4) is 0 Å². The van der Waals surface area contributed by atoms with Crippen LogP contribution < -0.4 is 9.47 Å². The molecule has 2 aromatic carbocycles. The van der Waals surface area contributed by atoms with Gasteiger partial charge >= 0.3 is 0 Å². The van der Waals surface area contributed by atoms with E-state index in [1.54, 1.807) is 0 Å². The predicted octanol–water partition coefficient (Wildman–Crippen LogP) is 5.51. The van der Waals surface area contributed by atoms with Crippen molar-refractivity contribution in [2.45, 2.75) is 46.5 Å². The molecule has 0 amide bonds. The molecule has 0 atom stereocenters. The van der Waals surface area contributed by atoms with Crippen molar-refractivity contribution in [3.8, 4) is 11.5 Å². The molecule has 0 fully saturated rings. The smallest absolute Gasteiger partial charge is 0.122 e. The summed E-state index contributed by atoms with van der Waals surface area (Å²) in [6, 6.07) is 10.6. The standard InChI is InChI=1S/C19H26O2/c1-4-6-10-20-18-9-8-16-12-15(3)19(14-17(16)13-18)21-11-7-5-2/h8-9,12-14H,4-7,10-11H2,1-3H3. The largest absolute Gasteiger partial charge is 0.494 e. The average molecular weight is 286 g/mol. The summed E-state index contributed by atoms with van der Waals surface area (Å²) in [4.78, 5) is 0. The third-order valence-corrected chi connectivity index (χ3v) is 3.63. The van der Waals surface area contributed by atoms with Crippen molar-refractivity contribution in [3.05, 3.63) is 35.9 Å². The van der Waals surface area contributed by atoms with E-state index in [1.807, 2.05) is 0 Å². The molecule has 2 rings (SSSR count). The second kappa shape index (κ2) is 7.92. The van der Waals surface area contributed by atoms with Crippen molar-refractivity contribution < 1.29 is 9.47 Å². The highest BCUT2D eigenvalue weighted by Gasteiger charge is 2.04. The Morgan fingerprint density at radius 3 is 2.24 bits per heavy atom. The second-order valence-electron chi connectivity index (χ2n) is 5.53. The molecule has 0 saturated heterocycles. The van der Waals surface area contributed by atoms with Crippen LogP contribution >= 0.6 is 0 Å². The van der Waals surface area contributed by atoms with Gasteiger partial charge in [-0.1, -0.05) is 32.8 Å². The van der Waals surface area contributed by atoms with Gasteiger partial charge < -0.3 is 9.47 Å². The quantitative estimate of drug-likeness (QED) is 0.596. The van der Waals surface area contributed by atoms with Crippen LogP contribution in [0.5, 0.6) is 11.5 Å². The molecule has 0 bridgehead atoms. The fraction of sp³-hybridized carbons (Fsp3) is 0.474. The Kier molecular flexibility index (Phi) is 5.91. The van der Waals surface area contributed by atoms with Crippen molar-refractivity contribution in [2.75, 3.05) is 13.2 Å². The van der Waals surface area contributed by atoms with Gasteiger partial charge in [-0.05, 0) is 60.4 Å². The lowest BCUT2D eigenvalue weighted by molar-refractivity contribution is 0.307. The highest BCUT2D eigenvalue weighted by atomic mass is 16.5. The van der Waals surface area contributed by atoms with E-state index in [-0.39, 0.29) is 0 Å². The molecule has 0 aliphatic carbocycles. The van der Waals surface area contributed by atoms with Crippen LogP contribution in [0.15, 0.2) is 30.3 Å². The molecule has 114 valence electrons. The molecular formula is C19H26O2. The van der Waals surface area contributed by atoms with Crippen LogP contribution in [0.4, 0.5) is 0 Å². The van der Waals surface area contributed by atoms with E-state index in [0.29, 0.717) is 0 Å². The van der Waals surface area contributed by atoms with Gasteiger partial charge in [0, 0.05) is 0 Å². The lowest BCUT2D eigenvalue weighted by Gasteiger charge is -2.11. The van der Waals surface area contributed by atoms with Crippen molar-refractivity contribution in [2.24, 2.45) is 0 Å². The highest BCUT2D eigenvalue weighted by Crippen LogP contribution is 2.28. The van der Waals surface area contributed by atoms with E-state index >= 15 is 0 Å². The van der Waals surface area contributed by atoms with Crippen LogP contribution in [0, 0.1) is 6.92 Å². The van der Waals surface area contributed by atoms with Gasteiger partial charge in [0.05, 0.1) is 13.2 Å². The van der Waals surface area contributed by atoms with Crippen molar-refractivity contribution in [1.82, 2.24) is 0 Å². The number of benzene rings is 2. The van der Waals surface area contributed by atoms with Crippen LogP contribution in [0.25, 0.3) is 10.8 Å². The zero-order valence-corrected chi connectivity index (χ0v) is 13.4. The van der Waals surface area contributed by atoms with Gasteiger partial charge in [0.2, 0.25) is 0 Å². The van der Waals surface area contributed by atoms with Crippen molar-refractivity contribution >= 4 is 10.8 Å². The molecule has 0 N–H and O–H groups in total. The third kappa shape index (κ3) is 4.38. The molecule has 2 heteroatoms. The molecule has 0 radical (unpaired) electrons. The summed E-state index contributed by atoms with van der Waals surface area (Å²) in [6.45, 7) is 8.03. The fourth-order valence-corrected chi connectivity index (χ4v) is 2.27. The molecule has 21 heavy (non-hydrogen) atoms. The van der Waals surface area contributed by atoms with Gasteiger partial charge in [-0.2, -0.15) is 0 Å². The number of hydrogen-bond acceptors (Lipinski definition) is 2. The van der Waals surface area contributed by atoms with E-state index in [4.69, 9.17) is 9.47 Å². The molecule has 0 aromatic heterocycles. The SMILES string of the molecule is CCCCOc1ccc2cc(C)c(OCCCC)cc2c1. The number of aryl methyl sites for hydroxylation is 1. The van der Waals surface area contributed by atoms with E-state index in [2.05, 4.69) is 51.1 Å². The Morgan fingerprint density at radius 2 is 1.52 bits per heavy atom. The molecule has 0 heterocycles. The zero-order chi connectivity index (χ0) is 15.1. The maximum Gasteiger partial charge on any atom is 0.122 e. The first-order chi connectivity index (χ1) is 10.2. The van der Waals surface area contributed by atoms with Crippen molar-refractivity contribution in [1.29, 1.82) is 0 Å². The minimum Gasteiger partial charge on any atom is -0.494 e. The van der Waals surface area contributed by atoms with Crippen LogP contribution in [-0.4, -0.2) is 13.2 Å². The van der Waals surface area contributed by atoms with Crippen LogP contribution in [0.2, 0.25) is 0 Å². The first kappa shape index (κ1) is 15.7. The van der Waals surface area contributed by atoms with Gasteiger partial charge in [-0.15, -0.1) is 0 Å². The minimum atomic E-state index is 0.785. The van der Waals surface area contributed by atoms with Gasteiger partial charge in [0.15, 0.2) is 0 Å². The van der Waals surface area contributed by atoms with Crippen LogP contribution in [0.1, 0.15) is 45.1 Å². The Labute approximate surface area is 128 Å². The monoisotopic (exact) mass is 286 g/mol. The van der Waals surface area contributed by atoms with Crippen molar-refractivity contribution in [3.63, 3.8) is 0 Å². The molecule has 2 nitrogen and oxygen atoms in total. The molecule has 2 aromatic rings. The first-order valence-corrected chi connectivity index (χ1v) is 8.04. The van der Waals surface area contributed by atoms with E-state index in [0.717, 1.165) is 50.4 Å². The normalized spacial score (nSPS) is 10.8. The summed E-state index contributed by atoms with van der Waals surface area (Å²) in [5, 5.41) is 2.42. The predicted molar refractivity (Wildman–Crippen MR) is 89.5 cm³/mol.